The Bertz CT molecular complexity index is 467. The lowest BCUT2D eigenvalue weighted by molar-refractivity contribution is -0.143. The Hall–Kier alpha value is -1.55. The predicted molar refractivity (Wildman–Crippen MR) is 82.4 cm³/mol. The Labute approximate surface area is 126 Å². The second-order valence-electron chi connectivity index (χ2n) is 5.84. The van der Waals surface area contributed by atoms with E-state index >= 15 is 0 Å². The van der Waals surface area contributed by atoms with Crippen molar-refractivity contribution in [1.82, 2.24) is 5.32 Å². The highest BCUT2D eigenvalue weighted by atomic mass is 16.5. The first kappa shape index (κ1) is 15.8. The van der Waals surface area contributed by atoms with Gasteiger partial charge in [0.15, 0.2) is 0 Å². The number of benzene rings is 1. The summed E-state index contributed by atoms with van der Waals surface area (Å²) in [6, 6.07) is 7.66. The van der Waals surface area contributed by atoms with Gasteiger partial charge in [-0.3, -0.25) is 5.32 Å². The van der Waals surface area contributed by atoms with Gasteiger partial charge in [0, 0.05) is 6.04 Å². The van der Waals surface area contributed by atoms with Crippen molar-refractivity contribution in [3.8, 4) is 5.75 Å². The molecule has 1 aliphatic rings. The fourth-order valence-corrected chi connectivity index (χ4v) is 2.79. The fraction of sp³-hybridized carbons (Fsp3) is 0.588. The lowest BCUT2D eigenvalue weighted by Gasteiger charge is -2.22. The molecule has 0 bridgehead atoms. The molecule has 0 spiro atoms. The predicted octanol–water partition coefficient (Wildman–Crippen LogP) is 3.22. The third-order valence-electron chi connectivity index (χ3n) is 3.76. The number of ether oxygens (including phenoxy) is 2. The van der Waals surface area contributed by atoms with Crippen LogP contribution in [-0.2, 0) is 9.53 Å². The van der Waals surface area contributed by atoms with Gasteiger partial charge in [-0.15, -0.1) is 0 Å². The highest BCUT2D eigenvalue weighted by Gasteiger charge is 2.26. The third kappa shape index (κ3) is 4.46. The Morgan fingerprint density at radius 2 is 2.00 bits per heavy atom. The lowest BCUT2D eigenvalue weighted by Crippen LogP contribution is -2.36. The maximum Gasteiger partial charge on any atom is 0.327 e. The van der Waals surface area contributed by atoms with E-state index in [0.29, 0.717) is 6.04 Å². The molecule has 4 nitrogen and oxygen atoms in total. The Morgan fingerprint density at radius 3 is 2.62 bits per heavy atom. The molecule has 1 fully saturated rings. The van der Waals surface area contributed by atoms with Crippen LogP contribution in [0.5, 0.6) is 5.75 Å². The first-order valence-electron chi connectivity index (χ1n) is 7.70. The van der Waals surface area contributed by atoms with Gasteiger partial charge in [0.25, 0.3) is 0 Å². The molecule has 0 aliphatic heterocycles. The number of methoxy groups -OCH3 is 1. The van der Waals surface area contributed by atoms with Crippen molar-refractivity contribution in [1.29, 1.82) is 0 Å². The second-order valence-corrected chi connectivity index (χ2v) is 5.84. The molecule has 0 radical (unpaired) electrons. The van der Waals surface area contributed by atoms with Crippen LogP contribution in [-0.4, -0.2) is 25.2 Å². The van der Waals surface area contributed by atoms with Gasteiger partial charge in [-0.1, -0.05) is 25.0 Å². The average molecular weight is 291 g/mol. The van der Waals surface area contributed by atoms with E-state index in [1.807, 2.05) is 38.1 Å². The highest BCUT2D eigenvalue weighted by molar-refractivity contribution is 5.77. The lowest BCUT2D eigenvalue weighted by atomic mass is 10.0. The van der Waals surface area contributed by atoms with Crippen molar-refractivity contribution >= 4 is 5.97 Å². The zero-order valence-corrected chi connectivity index (χ0v) is 13.1. The normalized spacial score (nSPS) is 17.0. The number of nitrogens with one attached hydrogen (secondary N) is 1. The molecule has 0 amide bonds. The van der Waals surface area contributed by atoms with Crippen LogP contribution in [0.4, 0.5) is 0 Å². The zero-order valence-electron chi connectivity index (χ0n) is 13.1. The van der Waals surface area contributed by atoms with Crippen LogP contribution in [0.15, 0.2) is 24.3 Å². The second kappa shape index (κ2) is 7.46. The van der Waals surface area contributed by atoms with E-state index in [2.05, 4.69) is 5.32 Å². The third-order valence-corrected chi connectivity index (χ3v) is 3.76. The number of hydrogen-bond donors (Lipinski definition) is 1. The molecule has 0 saturated heterocycles. The van der Waals surface area contributed by atoms with Gasteiger partial charge in [0.05, 0.1) is 13.2 Å². The summed E-state index contributed by atoms with van der Waals surface area (Å²) in [4.78, 5) is 12.1. The summed E-state index contributed by atoms with van der Waals surface area (Å²) in [5.41, 5.74) is 0.895. The van der Waals surface area contributed by atoms with E-state index in [1.165, 1.54) is 20.0 Å². The molecular weight excluding hydrogens is 266 g/mol. The summed E-state index contributed by atoms with van der Waals surface area (Å²) in [5, 5.41) is 3.43. The van der Waals surface area contributed by atoms with Crippen molar-refractivity contribution in [3.05, 3.63) is 29.8 Å². The van der Waals surface area contributed by atoms with E-state index < -0.39 is 6.04 Å². The molecule has 21 heavy (non-hydrogen) atoms. The summed E-state index contributed by atoms with van der Waals surface area (Å²) >= 11 is 0. The van der Waals surface area contributed by atoms with Gasteiger partial charge in [0.1, 0.15) is 11.8 Å². The number of esters is 1. The van der Waals surface area contributed by atoms with Crippen molar-refractivity contribution in [2.24, 2.45) is 0 Å². The van der Waals surface area contributed by atoms with Crippen LogP contribution in [0.1, 0.15) is 51.1 Å². The van der Waals surface area contributed by atoms with Gasteiger partial charge in [-0.05, 0) is 44.4 Å². The molecule has 116 valence electrons. The number of carbonyl (C=O) groups is 1. The van der Waals surface area contributed by atoms with Gasteiger partial charge >= 0.3 is 5.97 Å². The van der Waals surface area contributed by atoms with Crippen molar-refractivity contribution in [3.63, 3.8) is 0 Å². The number of rotatable bonds is 6. The van der Waals surface area contributed by atoms with Crippen LogP contribution < -0.4 is 10.1 Å². The maximum absolute atomic E-state index is 12.1. The molecule has 1 atom stereocenters. The maximum atomic E-state index is 12.1. The van der Waals surface area contributed by atoms with Gasteiger partial charge in [-0.2, -0.15) is 0 Å². The van der Waals surface area contributed by atoms with E-state index in [0.717, 1.165) is 24.2 Å². The molecule has 0 heterocycles. The van der Waals surface area contributed by atoms with E-state index in [9.17, 15) is 4.79 Å². The van der Waals surface area contributed by atoms with E-state index in [-0.39, 0.29) is 12.1 Å². The summed E-state index contributed by atoms with van der Waals surface area (Å²) in [5.74, 6) is 0.535. The van der Waals surface area contributed by atoms with Gasteiger partial charge < -0.3 is 9.47 Å². The average Bonchev–Trinajstić information content (AvgIpc) is 2.96. The topological polar surface area (TPSA) is 47.6 Å². The molecule has 1 unspecified atom stereocenters. The molecule has 1 aromatic carbocycles. The smallest absolute Gasteiger partial charge is 0.327 e. The SMILES string of the molecule is COC(=O)C(NC1CCCC1)c1cccc(OC(C)C)c1. The molecule has 1 aliphatic carbocycles. The quantitative estimate of drug-likeness (QED) is 0.818. The standard InChI is InChI=1S/C17H25NO3/c1-12(2)21-15-10-6-7-13(11-15)16(17(19)20-3)18-14-8-4-5-9-14/h6-7,10-12,14,16,18H,4-5,8-9H2,1-3H3. The molecule has 0 aromatic heterocycles. The molecule has 2 rings (SSSR count). The Kier molecular flexibility index (Phi) is 5.62. The van der Waals surface area contributed by atoms with E-state index in [4.69, 9.17) is 9.47 Å². The largest absolute Gasteiger partial charge is 0.491 e. The van der Waals surface area contributed by atoms with Crippen LogP contribution in [0.2, 0.25) is 0 Å². The van der Waals surface area contributed by atoms with Crippen LogP contribution >= 0.6 is 0 Å². The monoisotopic (exact) mass is 291 g/mol. The zero-order chi connectivity index (χ0) is 15.2. The minimum absolute atomic E-state index is 0.111. The van der Waals surface area contributed by atoms with Crippen molar-refractivity contribution in [2.45, 2.75) is 57.7 Å². The highest BCUT2D eigenvalue weighted by Crippen LogP contribution is 2.25. The van der Waals surface area contributed by atoms with E-state index in [1.54, 1.807) is 0 Å². The van der Waals surface area contributed by atoms with Gasteiger partial charge in [-0.25, -0.2) is 4.79 Å². The summed E-state index contributed by atoms with van der Waals surface area (Å²) in [6.45, 7) is 3.97. The van der Waals surface area contributed by atoms with Crippen LogP contribution in [0, 0.1) is 0 Å². The molecule has 1 aromatic rings. The Balaban J connectivity index is 2.16. The first-order chi connectivity index (χ1) is 10.1. The summed E-state index contributed by atoms with van der Waals surface area (Å²) < 4.78 is 10.7. The van der Waals surface area contributed by atoms with Gasteiger partial charge in [0.2, 0.25) is 0 Å². The minimum Gasteiger partial charge on any atom is -0.491 e. The summed E-state index contributed by atoms with van der Waals surface area (Å²) in [7, 11) is 1.43. The first-order valence-corrected chi connectivity index (χ1v) is 7.70. The molecule has 1 saturated carbocycles. The number of hydrogen-bond acceptors (Lipinski definition) is 4. The minimum atomic E-state index is -0.422. The molecular formula is C17H25NO3. The Morgan fingerprint density at radius 1 is 1.29 bits per heavy atom. The number of carbonyl (C=O) groups excluding carboxylic acids is 1. The van der Waals surface area contributed by atoms with Crippen LogP contribution in [0.25, 0.3) is 0 Å². The van der Waals surface area contributed by atoms with Crippen molar-refractivity contribution < 1.29 is 14.3 Å². The summed E-state index contributed by atoms with van der Waals surface area (Å²) in [6.07, 6.45) is 4.80. The molecule has 1 N–H and O–H groups in total. The molecule has 4 heteroatoms. The van der Waals surface area contributed by atoms with Crippen molar-refractivity contribution in [2.75, 3.05) is 7.11 Å². The fourth-order valence-electron chi connectivity index (χ4n) is 2.79. The van der Waals surface area contributed by atoms with Crippen LogP contribution in [0.3, 0.4) is 0 Å².